The number of anilines is 1. The van der Waals surface area contributed by atoms with Crippen molar-refractivity contribution in [3.63, 3.8) is 0 Å². The van der Waals surface area contributed by atoms with Crippen molar-refractivity contribution in [3.05, 3.63) is 24.0 Å². The maximum absolute atomic E-state index is 12.3. The third kappa shape index (κ3) is 2.63. The summed E-state index contributed by atoms with van der Waals surface area (Å²) in [7, 11) is 0. The van der Waals surface area contributed by atoms with E-state index >= 15 is 0 Å². The number of hydrogen-bond acceptors (Lipinski definition) is 3. The molecule has 0 fully saturated rings. The van der Waals surface area contributed by atoms with Gasteiger partial charge in [-0.05, 0) is 17.7 Å². The van der Waals surface area contributed by atoms with Crippen LogP contribution in [0.1, 0.15) is 5.56 Å². The van der Waals surface area contributed by atoms with E-state index in [1.54, 1.807) is 0 Å². The highest BCUT2D eigenvalue weighted by molar-refractivity contribution is 6.32. The van der Waals surface area contributed by atoms with Gasteiger partial charge in [0.25, 0.3) is 0 Å². The molecule has 0 spiro atoms. The van der Waals surface area contributed by atoms with E-state index in [2.05, 4.69) is 16.6 Å². The molecule has 1 aromatic rings. The van der Waals surface area contributed by atoms with Gasteiger partial charge < -0.3 is 5.73 Å². The zero-order valence-corrected chi connectivity index (χ0v) is 7.76. The van der Waals surface area contributed by atoms with Crippen LogP contribution in [0.15, 0.2) is 18.5 Å². The van der Waals surface area contributed by atoms with Gasteiger partial charge in [-0.1, -0.05) is 0 Å². The van der Waals surface area contributed by atoms with Gasteiger partial charge in [-0.3, -0.25) is 9.78 Å². The van der Waals surface area contributed by atoms with Crippen LogP contribution in [0.3, 0.4) is 0 Å². The number of nitrogen functional groups attached to an aromatic ring is 1. The number of hydrogen-bond donors (Lipinski definition) is 1. The fourth-order valence-electron chi connectivity index (χ4n) is 0.859. The van der Waals surface area contributed by atoms with Crippen LogP contribution in [0.4, 0.5) is 14.5 Å². The molecule has 1 heterocycles. The minimum Gasteiger partial charge on any atom is -0.398 e. The first kappa shape index (κ1) is 10.8. The number of carbonyl (C=O) groups is 1. The van der Waals surface area contributed by atoms with E-state index in [1.165, 1.54) is 18.5 Å². The average molecular weight is 221 g/mol. The quantitative estimate of drug-likeness (QED) is 0.788. The largest absolute Gasteiger partial charge is 0.398 e. The monoisotopic (exact) mass is 220 g/mol. The van der Waals surface area contributed by atoms with Gasteiger partial charge in [-0.15, -0.1) is 0 Å². The third-order valence-electron chi connectivity index (χ3n) is 1.61. The van der Waals surface area contributed by atoms with E-state index in [9.17, 15) is 13.6 Å². The lowest BCUT2D eigenvalue weighted by Crippen LogP contribution is -2.23. The molecule has 0 aliphatic carbocycles. The fraction of sp³-hybridized carbons (Fsp3) is 0.250. The van der Waals surface area contributed by atoms with Crippen LogP contribution in [-0.2, 0) is 11.2 Å². The fourth-order valence-corrected chi connectivity index (χ4v) is 0.926. The van der Waals surface area contributed by atoms with Gasteiger partial charge in [-0.25, -0.2) is 0 Å². The molecule has 76 valence electrons. The number of aromatic nitrogens is 1. The third-order valence-corrected chi connectivity index (χ3v) is 1.82. The molecule has 0 saturated heterocycles. The highest BCUT2D eigenvalue weighted by Gasteiger charge is 2.35. The standard InChI is InChI=1S/C8H7ClF2N2O/c9-8(10,11)7(14)3-5-4-13-2-1-6(5)12/h1-2,4H,3H2,(H2,12,13). The summed E-state index contributed by atoms with van der Waals surface area (Å²) in [6.45, 7) is 0. The molecule has 0 bridgehead atoms. The molecule has 14 heavy (non-hydrogen) atoms. The van der Waals surface area contributed by atoms with Crippen LogP contribution >= 0.6 is 11.6 Å². The number of rotatable bonds is 3. The Kier molecular flexibility index (Phi) is 3.00. The molecule has 0 aromatic carbocycles. The second-order valence-corrected chi connectivity index (χ2v) is 3.15. The van der Waals surface area contributed by atoms with Crippen LogP contribution in [0.2, 0.25) is 0 Å². The summed E-state index contributed by atoms with van der Waals surface area (Å²) in [6, 6.07) is 1.43. The lowest BCUT2D eigenvalue weighted by Gasteiger charge is -2.07. The number of ketones is 1. The summed E-state index contributed by atoms with van der Waals surface area (Å²) in [5.74, 6) is -1.39. The molecule has 2 N–H and O–H groups in total. The summed E-state index contributed by atoms with van der Waals surface area (Å²) in [6.07, 6.45) is 2.15. The number of halogens is 3. The number of nitrogens with two attached hydrogens (primary N) is 1. The Morgan fingerprint density at radius 3 is 2.79 bits per heavy atom. The van der Waals surface area contributed by atoms with Gasteiger partial charge in [0.15, 0.2) is 0 Å². The first-order chi connectivity index (χ1) is 6.41. The van der Waals surface area contributed by atoms with Crippen molar-refractivity contribution >= 4 is 23.1 Å². The van der Waals surface area contributed by atoms with Gasteiger partial charge in [0, 0.05) is 30.1 Å². The first-order valence-electron chi connectivity index (χ1n) is 3.69. The van der Waals surface area contributed by atoms with Crippen molar-refractivity contribution in [3.8, 4) is 0 Å². The van der Waals surface area contributed by atoms with Crippen molar-refractivity contribution < 1.29 is 13.6 Å². The molecule has 0 atom stereocenters. The van der Waals surface area contributed by atoms with Crippen molar-refractivity contribution in [1.82, 2.24) is 4.98 Å². The number of nitrogens with zero attached hydrogens (tertiary/aromatic N) is 1. The first-order valence-corrected chi connectivity index (χ1v) is 4.07. The van der Waals surface area contributed by atoms with Gasteiger partial charge in [-0.2, -0.15) is 8.78 Å². The summed E-state index contributed by atoms with van der Waals surface area (Å²) in [4.78, 5) is 14.5. The highest BCUT2D eigenvalue weighted by Crippen LogP contribution is 2.23. The van der Waals surface area contributed by atoms with Crippen molar-refractivity contribution in [1.29, 1.82) is 0 Å². The van der Waals surface area contributed by atoms with Crippen LogP contribution in [0.5, 0.6) is 0 Å². The van der Waals surface area contributed by atoms with Gasteiger partial charge >= 0.3 is 5.38 Å². The predicted molar refractivity (Wildman–Crippen MR) is 48.2 cm³/mol. The minimum atomic E-state index is -3.84. The van der Waals surface area contributed by atoms with E-state index in [1.807, 2.05) is 0 Å². The average Bonchev–Trinajstić information content (AvgIpc) is 2.07. The summed E-state index contributed by atoms with van der Waals surface area (Å²) in [5, 5.41) is -3.84. The van der Waals surface area contributed by atoms with E-state index in [0.29, 0.717) is 0 Å². The Balaban J connectivity index is 2.80. The minimum absolute atomic E-state index is 0.245. The number of pyridine rings is 1. The van der Waals surface area contributed by atoms with Crippen LogP contribution in [-0.4, -0.2) is 16.1 Å². The lowest BCUT2D eigenvalue weighted by atomic mass is 10.1. The molecular formula is C8H7ClF2N2O. The second-order valence-electron chi connectivity index (χ2n) is 2.67. The Morgan fingerprint density at radius 2 is 2.29 bits per heavy atom. The van der Waals surface area contributed by atoms with Crippen molar-refractivity contribution in [2.75, 3.05) is 5.73 Å². The Labute approximate surface area is 83.9 Å². The van der Waals surface area contributed by atoms with E-state index in [-0.39, 0.29) is 11.3 Å². The van der Waals surface area contributed by atoms with Crippen LogP contribution in [0.25, 0.3) is 0 Å². The molecule has 0 radical (unpaired) electrons. The number of alkyl halides is 3. The summed E-state index contributed by atoms with van der Waals surface area (Å²) in [5.41, 5.74) is 5.92. The van der Waals surface area contributed by atoms with E-state index in [4.69, 9.17) is 5.73 Å². The molecule has 1 aromatic heterocycles. The van der Waals surface area contributed by atoms with E-state index < -0.39 is 17.6 Å². The van der Waals surface area contributed by atoms with E-state index in [0.717, 1.165) is 0 Å². The Bertz CT molecular complexity index is 351. The zero-order valence-electron chi connectivity index (χ0n) is 7.01. The molecule has 3 nitrogen and oxygen atoms in total. The second kappa shape index (κ2) is 3.88. The summed E-state index contributed by atoms with van der Waals surface area (Å²) >= 11 is 4.54. The SMILES string of the molecule is Nc1ccncc1CC(=O)C(F)(F)Cl. The predicted octanol–water partition coefficient (Wildman–Crippen LogP) is 1.61. The van der Waals surface area contributed by atoms with Gasteiger partial charge in [0.1, 0.15) is 0 Å². The maximum Gasteiger partial charge on any atom is 0.380 e. The molecule has 6 heteroatoms. The Hall–Kier alpha value is -1.23. The van der Waals surface area contributed by atoms with Crippen molar-refractivity contribution in [2.45, 2.75) is 11.8 Å². The zero-order chi connectivity index (χ0) is 10.8. The topological polar surface area (TPSA) is 56.0 Å². The maximum atomic E-state index is 12.3. The van der Waals surface area contributed by atoms with Crippen LogP contribution in [0, 0.1) is 0 Å². The molecule has 1 rings (SSSR count). The summed E-state index contributed by atoms with van der Waals surface area (Å²) < 4.78 is 24.6. The molecule has 0 unspecified atom stereocenters. The van der Waals surface area contributed by atoms with Crippen molar-refractivity contribution in [2.24, 2.45) is 0 Å². The smallest absolute Gasteiger partial charge is 0.380 e. The lowest BCUT2D eigenvalue weighted by molar-refractivity contribution is -0.132. The van der Waals surface area contributed by atoms with Gasteiger partial charge in [0.2, 0.25) is 5.78 Å². The van der Waals surface area contributed by atoms with Gasteiger partial charge in [0.05, 0.1) is 0 Å². The number of carbonyl (C=O) groups excluding carboxylic acids is 1. The normalized spacial score (nSPS) is 11.4. The molecule has 0 aliphatic rings. The highest BCUT2D eigenvalue weighted by atomic mass is 35.5. The molecule has 0 aliphatic heterocycles. The van der Waals surface area contributed by atoms with Crippen LogP contribution < -0.4 is 5.73 Å². The Morgan fingerprint density at radius 1 is 1.64 bits per heavy atom. The molecule has 0 amide bonds. The number of Topliss-reactive ketones (excluding diaryl/α,β-unsaturated/α-hetero) is 1. The molecular weight excluding hydrogens is 214 g/mol. The molecule has 0 saturated carbocycles.